The van der Waals surface area contributed by atoms with E-state index in [0.29, 0.717) is 0 Å². The molecule has 0 aromatic heterocycles. The Morgan fingerprint density at radius 2 is 2.00 bits per heavy atom. The summed E-state index contributed by atoms with van der Waals surface area (Å²) in [6.07, 6.45) is 2.23. The van der Waals surface area contributed by atoms with Gasteiger partial charge < -0.3 is 9.16 Å². The molecule has 1 heterocycles. The van der Waals surface area contributed by atoms with Crippen LogP contribution in [0, 0.1) is 0 Å². The zero-order valence-corrected chi connectivity index (χ0v) is 11.0. The van der Waals surface area contributed by atoms with Gasteiger partial charge in [-0.3, -0.25) is 0 Å². The number of hydrogen-bond donors (Lipinski definition) is 0. The summed E-state index contributed by atoms with van der Waals surface area (Å²) in [6, 6.07) is 0. The Bertz CT molecular complexity index is 214. The number of ether oxygens (including phenoxy) is 1. The summed E-state index contributed by atoms with van der Waals surface area (Å²) in [6.45, 7) is 15.9. The summed E-state index contributed by atoms with van der Waals surface area (Å²) in [4.78, 5) is 0. The second kappa shape index (κ2) is 3.80. The Labute approximate surface area is 88.4 Å². The summed E-state index contributed by atoms with van der Waals surface area (Å²) in [5.74, 6) is 0. The molecule has 0 saturated carbocycles. The minimum absolute atomic E-state index is 0.0934. The third-order valence-corrected chi connectivity index (χ3v) is 7.67. The van der Waals surface area contributed by atoms with Crippen molar-refractivity contribution in [3.05, 3.63) is 12.7 Å². The van der Waals surface area contributed by atoms with Crippen LogP contribution < -0.4 is 0 Å². The van der Waals surface area contributed by atoms with Gasteiger partial charge in [-0.15, -0.1) is 6.58 Å². The van der Waals surface area contributed by atoms with Crippen molar-refractivity contribution >= 4 is 8.32 Å². The molecule has 14 heavy (non-hydrogen) atoms. The third kappa shape index (κ3) is 2.68. The largest absolute Gasteiger partial charge is 0.408 e. The van der Waals surface area contributed by atoms with Gasteiger partial charge in [0.15, 0.2) is 8.32 Å². The van der Waals surface area contributed by atoms with Crippen molar-refractivity contribution in [3.8, 4) is 0 Å². The van der Waals surface area contributed by atoms with Crippen molar-refractivity contribution in [2.24, 2.45) is 0 Å². The molecule has 1 rings (SSSR count). The monoisotopic (exact) mass is 214 g/mol. The zero-order chi connectivity index (χ0) is 11.0. The lowest BCUT2D eigenvalue weighted by molar-refractivity contribution is 0.183. The van der Waals surface area contributed by atoms with E-state index in [0.717, 1.165) is 6.61 Å². The van der Waals surface area contributed by atoms with Gasteiger partial charge in [-0.1, -0.05) is 26.8 Å². The molecule has 1 aliphatic rings. The van der Waals surface area contributed by atoms with E-state index in [4.69, 9.17) is 9.16 Å². The lowest BCUT2D eigenvalue weighted by Gasteiger charge is -2.38. The Morgan fingerprint density at radius 3 is 2.29 bits per heavy atom. The smallest absolute Gasteiger partial charge is 0.193 e. The predicted octanol–water partition coefficient (Wildman–Crippen LogP) is 2.96. The van der Waals surface area contributed by atoms with Crippen LogP contribution in [0.4, 0.5) is 0 Å². The van der Waals surface area contributed by atoms with Gasteiger partial charge in [0.25, 0.3) is 0 Å². The molecule has 1 aliphatic heterocycles. The van der Waals surface area contributed by atoms with Gasteiger partial charge in [0.1, 0.15) is 6.10 Å². The average Bonchev–Trinajstić information content (AvgIpc) is 2.80. The molecule has 2 atom stereocenters. The number of epoxide rings is 1. The fraction of sp³-hybridized carbons (Fsp3) is 0.818. The van der Waals surface area contributed by atoms with Crippen molar-refractivity contribution < 1.29 is 9.16 Å². The summed E-state index contributed by atoms with van der Waals surface area (Å²) >= 11 is 0. The van der Waals surface area contributed by atoms with E-state index < -0.39 is 8.32 Å². The minimum atomic E-state index is -1.66. The van der Waals surface area contributed by atoms with Gasteiger partial charge in [0.05, 0.1) is 12.7 Å². The lowest BCUT2D eigenvalue weighted by Crippen LogP contribution is -2.44. The van der Waals surface area contributed by atoms with Crippen LogP contribution >= 0.6 is 0 Å². The van der Waals surface area contributed by atoms with Gasteiger partial charge >= 0.3 is 0 Å². The molecule has 0 aromatic rings. The molecule has 0 amide bonds. The quantitative estimate of drug-likeness (QED) is 0.408. The Morgan fingerprint density at radius 1 is 1.50 bits per heavy atom. The molecule has 0 unspecified atom stereocenters. The first-order valence-corrected chi connectivity index (χ1v) is 8.11. The van der Waals surface area contributed by atoms with E-state index in [1.165, 1.54) is 0 Å². The Hall–Kier alpha value is -0.123. The van der Waals surface area contributed by atoms with Gasteiger partial charge in [-0.05, 0) is 18.1 Å². The molecule has 2 nitrogen and oxygen atoms in total. The zero-order valence-electron chi connectivity index (χ0n) is 9.96. The molecule has 0 bridgehead atoms. The molecule has 0 spiro atoms. The molecular weight excluding hydrogens is 192 g/mol. The van der Waals surface area contributed by atoms with Crippen LogP contribution in [0.3, 0.4) is 0 Å². The summed E-state index contributed by atoms with van der Waals surface area (Å²) in [5.41, 5.74) is 0. The van der Waals surface area contributed by atoms with E-state index in [1.54, 1.807) is 0 Å². The molecule has 0 N–H and O–H groups in total. The van der Waals surface area contributed by atoms with E-state index >= 15 is 0 Å². The fourth-order valence-corrected chi connectivity index (χ4v) is 2.32. The molecule has 0 aliphatic carbocycles. The summed E-state index contributed by atoms with van der Waals surface area (Å²) in [5, 5.41) is 0.253. The minimum Gasteiger partial charge on any atom is -0.408 e. The first-order valence-electron chi connectivity index (χ1n) is 5.20. The van der Waals surface area contributed by atoms with Crippen LogP contribution in [0.1, 0.15) is 20.8 Å². The maximum absolute atomic E-state index is 6.17. The lowest BCUT2D eigenvalue weighted by atomic mass is 10.2. The highest BCUT2D eigenvalue weighted by molar-refractivity contribution is 6.74. The van der Waals surface area contributed by atoms with Gasteiger partial charge in [-0.25, -0.2) is 0 Å². The van der Waals surface area contributed by atoms with Crippen LogP contribution in [-0.4, -0.2) is 27.1 Å². The first kappa shape index (κ1) is 11.9. The van der Waals surface area contributed by atoms with Crippen LogP contribution in [0.25, 0.3) is 0 Å². The second-order valence-corrected chi connectivity index (χ2v) is 10.2. The third-order valence-electron chi connectivity index (χ3n) is 3.19. The first-order chi connectivity index (χ1) is 6.28. The van der Waals surface area contributed by atoms with Gasteiger partial charge in [-0.2, -0.15) is 0 Å². The molecule has 0 aromatic carbocycles. The molecule has 1 fully saturated rings. The van der Waals surface area contributed by atoms with E-state index in [-0.39, 0.29) is 17.2 Å². The van der Waals surface area contributed by atoms with Gasteiger partial charge in [0.2, 0.25) is 0 Å². The fourth-order valence-electron chi connectivity index (χ4n) is 1.04. The van der Waals surface area contributed by atoms with Crippen molar-refractivity contribution in [1.29, 1.82) is 0 Å². The SMILES string of the molecule is C=C[C@H](O[Si](C)(C)C(C)(C)C)[C@@H]1CO1. The van der Waals surface area contributed by atoms with Crippen LogP contribution in [-0.2, 0) is 9.16 Å². The highest BCUT2D eigenvalue weighted by Gasteiger charge is 2.42. The topological polar surface area (TPSA) is 21.8 Å². The molecule has 3 heteroatoms. The normalized spacial score (nSPS) is 24.5. The maximum Gasteiger partial charge on any atom is 0.193 e. The Kier molecular flexibility index (Phi) is 3.24. The highest BCUT2D eigenvalue weighted by Crippen LogP contribution is 2.38. The van der Waals surface area contributed by atoms with Crippen LogP contribution in [0.2, 0.25) is 18.1 Å². The maximum atomic E-state index is 6.17. The van der Waals surface area contributed by atoms with Crippen molar-refractivity contribution in [1.82, 2.24) is 0 Å². The van der Waals surface area contributed by atoms with Crippen LogP contribution in [0.15, 0.2) is 12.7 Å². The average molecular weight is 214 g/mol. The van der Waals surface area contributed by atoms with E-state index in [2.05, 4.69) is 40.4 Å². The second-order valence-electron chi connectivity index (χ2n) is 5.45. The van der Waals surface area contributed by atoms with Crippen LogP contribution in [0.5, 0.6) is 0 Å². The summed E-state index contributed by atoms with van der Waals surface area (Å²) < 4.78 is 11.4. The molecule has 1 saturated heterocycles. The molecule has 82 valence electrons. The van der Waals surface area contributed by atoms with Gasteiger partial charge in [0, 0.05) is 0 Å². The summed E-state index contributed by atoms with van der Waals surface area (Å²) in [7, 11) is -1.66. The number of rotatable bonds is 4. The van der Waals surface area contributed by atoms with Crippen molar-refractivity contribution in [3.63, 3.8) is 0 Å². The highest BCUT2D eigenvalue weighted by atomic mass is 28.4. The van der Waals surface area contributed by atoms with Crippen molar-refractivity contribution in [2.75, 3.05) is 6.61 Å². The van der Waals surface area contributed by atoms with Crippen molar-refractivity contribution in [2.45, 2.75) is 51.1 Å². The van der Waals surface area contributed by atoms with E-state index in [1.807, 2.05) is 6.08 Å². The number of hydrogen-bond acceptors (Lipinski definition) is 2. The standard InChI is InChI=1S/C11H22O2Si/c1-7-9(10-8-12-10)13-14(5,6)11(2,3)4/h7,9-10H,1,8H2,2-6H3/t9-,10-/m0/s1. The predicted molar refractivity (Wildman–Crippen MR) is 62.0 cm³/mol. The van der Waals surface area contributed by atoms with E-state index in [9.17, 15) is 0 Å². The molecule has 0 radical (unpaired) electrons. The Balaban J connectivity index is 2.60. The molecular formula is C11H22O2Si.